The number of aromatic nitrogens is 2. The maximum Gasteiger partial charge on any atom is 0.0757 e. The molecule has 2 N–H and O–H groups in total. The number of hydrogen-bond acceptors (Lipinski definition) is 3. The minimum Gasteiger partial charge on any atom is -0.322 e. The SMILES string of the molecule is CCC1CCCCC1C(N)c1cnc(C)cn1. The van der Waals surface area contributed by atoms with Crippen molar-refractivity contribution in [2.45, 2.75) is 52.0 Å². The molecule has 0 bridgehead atoms. The van der Waals surface area contributed by atoms with E-state index in [1.165, 1.54) is 32.1 Å². The molecular formula is C14H23N3. The van der Waals surface area contributed by atoms with Gasteiger partial charge in [-0.3, -0.25) is 9.97 Å². The van der Waals surface area contributed by atoms with Crippen LogP contribution in [0.1, 0.15) is 56.5 Å². The van der Waals surface area contributed by atoms with Gasteiger partial charge in [0.15, 0.2) is 0 Å². The van der Waals surface area contributed by atoms with E-state index in [9.17, 15) is 0 Å². The summed E-state index contributed by atoms with van der Waals surface area (Å²) in [6.07, 6.45) is 10.1. The Balaban J connectivity index is 2.12. The van der Waals surface area contributed by atoms with E-state index in [0.717, 1.165) is 17.3 Å². The lowest BCUT2D eigenvalue weighted by Crippen LogP contribution is -2.31. The Kier molecular flexibility index (Phi) is 4.11. The molecule has 3 nitrogen and oxygen atoms in total. The molecular weight excluding hydrogens is 210 g/mol. The molecule has 17 heavy (non-hydrogen) atoms. The molecule has 0 radical (unpaired) electrons. The van der Waals surface area contributed by atoms with Crippen LogP contribution in [0.3, 0.4) is 0 Å². The van der Waals surface area contributed by atoms with E-state index in [1.807, 2.05) is 19.3 Å². The summed E-state index contributed by atoms with van der Waals surface area (Å²) in [5.41, 5.74) is 8.30. The van der Waals surface area contributed by atoms with Gasteiger partial charge >= 0.3 is 0 Å². The Morgan fingerprint density at radius 3 is 2.71 bits per heavy atom. The van der Waals surface area contributed by atoms with Crippen molar-refractivity contribution in [2.24, 2.45) is 17.6 Å². The highest BCUT2D eigenvalue weighted by Gasteiger charge is 2.30. The second-order valence-electron chi connectivity index (χ2n) is 5.23. The van der Waals surface area contributed by atoms with Crippen molar-refractivity contribution in [3.05, 3.63) is 23.8 Å². The Morgan fingerprint density at radius 2 is 2.06 bits per heavy atom. The monoisotopic (exact) mass is 233 g/mol. The van der Waals surface area contributed by atoms with Crippen LogP contribution >= 0.6 is 0 Å². The van der Waals surface area contributed by atoms with Crippen LogP contribution in [0, 0.1) is 18.8 Å². The van der Waals surface area contributed by atoms with Crippen molar-refractivity contribution in [1.82, 2.24) is 9.97 Å². The van der Waals surface area contributed by atoms with Gasteiger partial charge in [-0.15, -0.1) is 0 Å². The average molecular weight is 233 g/mol. The lowest BCUT2D eigenvalue weighted by Gasteiger charge is -2.34. The molecule has 0 spiro atoms. The molecule has 1 aromatic rings. The highest BCUT2D eigenvalue weighted by molar-refractivity contribution is 5.07. The lowest BCUT2D eigenvalue weighted by molar-refractivity contribution is 0.194. The fraction of sp³-hybridized carbons (Fsp3) is 0.714. The number of aryl methyl sites for hydroxylation is 1. The Bertz CT molecular complexity index is 347. The molecule has 1 aromatic heterocycles. The van der Waals surface area contributed by atoms with Gasteiger partial charge in [0.2, 0.25) is 0 Å². The molecule has 3 atom stereocenters. The largest absolute Gasteiger partial charge is 0.322 e. The normalized spacial score (nSPS) is 26.8. The summed E-state index contributed by atoms with van der Waals surface area (Å²) in [6.45, 7) is 4.23. The summed E-state index contributed by atoms with van der Waals surface area (Å²) in [5.74, 6) is 1.35. The van der Waals surface area contributed by atoms with Crippen molar-refractivity contribution in [1.29, 1.82) is 0 Å². The van der Waals surface area contributed by atoms with E-state index >= 15 is 0 Å². The summed E-state index contributed by atoms with van der Waals surface area (Å²) in [5, 5.41) is 0. The van der Waals surface area contributed by atoms with E-state index in [1.54, 1.807) is 0 Å². The Hall–Kier alpha value is -0.960. The summed E-state index contributed by atoms with van der Waals surface area (Å²) in [4.78, 5) is 8.74. The third kappa shape index (κ3) is 2.83. The Morgan fingerprint density at radius 1 is 1.29 bits per heavy atom. The zero-order valence-electron chi connectivity index (χ0n) is 10.9. The molecule has 1 aliphatic rings. The first-order valence-corrected chi connectivity index (χ1v) is 6.76. The van der Waals surface area contributed by atoms with Crippen LogP contribution in [0.2, 0.25) is 0 Å². The molecule has 1 saturated carbocycles. The van der Waals surface area contributed by atoms with Crippen LogP contribution in [0.25, 0.3) is 0 Å². The van der Waals surface area contributed by atoms with Crippen LogP contribution in [-0.4, -0.2) is 9.97 Å². The summed E-state index contributed by atoms with van der Waals surface area (Å²) < 4.78 is 0. The molecule has 0 aromatic carbocycles. The molecule has 0 aliphatic heterocycles. The number of hydrogen-bond donors (Lipinski definition) is 1. The van der Waals surface area contributed by atoms with Crippen molar-refractivity contribution < 1.29 is 0 Å². The van der Waals surface area contributed by atoms with E-state index in [0.29, 0.717) is 5.92 Å². The van der Waals surface area contributed by atoms with Gasteiger partial charge in [0, 0.05) is 6.20 Å². The first-order chi connectivity index (χ1) is 8.22. The number of nitrogens with two attached hydrogens (primary N) is 1. The van der Waals surface area contributed by atoms with Crippen LogP contribution in [0.15, 0.2) is 12.4 Å². The van der Waals surface area contributed by atoms with Crippen molar-refractivity contribution in [3.8, 4) is 0 Å². The minimum absolute atomic E-state index is 0.0633. The van der Waals surface area contributed by atoms with Gasteiger partial charge in [-0.1, -0.05) is 32.6 Å². The van der Waals surface area contributed by atoms with Crippen LogP contribution in [0.4, 0.5) is 0 Å². The van der Waals surface area contributed by atoms with Gasteiger partial charge in [-0.05, 0) is 25.2 Å². The van der Waals surface area contributed by atoms with Gasteiger partial charge in [-0.2, -0.15) is 0 Å². The zero-order valence-corrected chi connectivity index (χ0v) is 10.9. The first-order valence-electron chi connectivity index (χ1n) is 6.76. The molecule has 3 heteroatoms. The van der Waals surface area contributed by atoms with Crippen LogP contribution < -0.4 is 5.73 Å². The first kappa shape index (κ1) is 12.5. The predicted molar refractivity (Wildman–Crippen MR) is 69.4 cm³/mol. The number of rotatable bonds is 3. The van der Waals surface area contributed by atoms with Crippen LogP contribution in [0.5, 0.6) is 0 Å². The van der Waals surface area contributed by atoms with Crippen LogP contribution in [-0.2, 0) is 0 Å². The average Bonchev–Trinajstić information content (AvgIpc) is 2.39. The third-order valence-corrected chi connectivity index (χ3v) is 4.10. The van der Waals surface area contributed by atoms with E-state index in [2.05, 4.69) is 16.9 Å². The fourth-order valence-electron chi connectivity index (χ4n) is 3.01. The van der Waals surface area contributed by atoms with Crippen molar-refractivity contribution >= 4 is 0 Å². The molecule has 1 fully saturated rings. The molecule has 0 saturated heterocycles. The van der Waals surface area contributed by atoms with Gasteiger partial charge in [0.05, 0.1) is 23.6 Å². The molecule has 3 unspecified atom stereocenters. The molecule has 0 amide bonds. The highest BCUT2D eigenvalue weighted by atomic mass is 14.8. The van der Waals surface area contributed by atoms with Gasteiger partial charge in [-0.25, -0.2) is 0 Å². The summed E-state index contributed by atoms with van der Waals surface area (Å²) in [7, 11) is 0. The molecule has 2 rings (SSSR count). The standard InChI is InChI=1S/C14H23N3/c1-3-11-6-4-5-7-12(11)14(15)13-9-16-10(2)8-17-13/h8-9,11-12,14H,3-7,15H2,1-2H3. The number of nitrogens with zero attached hydrogens (tertiary/aromatic N) is 2. The quantitative estimate of drug-likeness (QED) is 0.873. The second-order valence-corrected chi connectivity index (χ2v) is 5.23. The fourth-order valence-corrected chi connectivity index (χ4v) is 3.01. The maximum absolute atomic E-state index is 6.38. The van der Waals surface area contributed by atoms with E-state index in [-0.39, 0.29) is 6.04 Å². The van der Waals surface area contributed by atoms with Gasteiger partial charge in [0.25, 0.3) is 0 Å². The Labute approximate surface area is 104 Å². The minimum atomic E-state index is 0.0633. The third-order valence-electron chi connectivity index (χ3n) is 4.10. The molecule has 94 valence electrons. The summed E-state index contributed by atoms with van der Waals surface area (Å²) >= 11 is 0. The smallest absolute Gasteiger partial charge is 0.0757 e. The van der Waals surface area contributed by atoms with E-state index < -0.39 is 0 Å². The summed E-state index contributed by atoms with van der Waals surface area (Å²) in [6, 6.07) is 0.0633. The maximum atomic E-state index is 6.38. The van der Waals surface area contributed by atoms with E-state index in [4.69, 9.17) is 5.73 Å². The molecule has 1 aliphatic carbocycles. The van der Waals surface area contributed by atoms with Gasteiger partial charge < -0.3 is 5.73 Å². The second kappa shape index (κ2) is 5.58. The molecule has 1 heterocycles. The topological polar surface area (TPSA) is 51.8 Å². The predicted octanol–water partition coefficient (Wildman–Crippen LogP) is 3.00. The van der Waals surface area contributed by atoms with Gasteiger partial charge in [0.1, 0.15) is 0 Å². The van der Waals surface area contributed by atoms with Crippen molar-refractivity contribution in [2.75, 3.05) is 0 Å². The van der Waals surface area contributed by atoms with Crippen molar-refractivity contribution in [3.63, 3.8) is 0 Å². The lowest BCUT2D eigenvalue weighted by atomic mass is 9.73. The highest BCUT2D eigenvalue weighted by Crippen LogP contribution is 2.38. The zero-order chi connectivity index (χ0) is 12.3.